The van der Waals surface area contributed by atoms with Crippen molar-refractivity contribution in [3.8, 4) is 5.75 Å². The third kappa shape index (κ3) is 5.26. The van der Waals surface area contributed by atoms with E-state index in [4.69, 9.17) is 16.3 Å². The van der Waals surface area contributed by atoms with Gasteiger partial charge < -0.3 is 10.1 Å². The number of halogens is 1. The predicted molar refractivity (Wildman–Crippen MR) is 73.0 cm³/mol. The molecule has 1 N–H and O–H groups in total. The van der Waals surface area contributed by atoms with Crippen molar-refractivity contribution >= 4 is 17.4 Å². The number of ether oxygens (including phenoxy) is 1. The summed E-state index contributed by atoms with van der Waals surface area (Å²) in [6, 6.07) is 4.16. The second kappa shape index (κ2) is 7.38. The number of nitrogens with one attached hydrogen (secondary N) is 1. The highest BCUT2D eigenvalue weighted by molar-refractivity contribution is 6.17. The fourth-order valence-electron chi connectivity index (χ4n) is 1.54. The van der Waals surface area contributed by atoms with Crippen molar-refractivity contribution in [1.29, 1.82) is 0 Å². The van der Waals surface area contributed by atoms with Crippen LogP contribution in [0, 0.1) is 0 Å². The molecule has 1 aromatic heterocycles. The lowest BCUT2D eigenvalue weighted by Gasteiger charge is -2.18. The molecule has 1 rings (SSSR count). The zero-order chi connectivity index (χ0) is 12.7. The Morgan fingerprint density at radius 3 is 2.82 bits per heavy atom. The van der Waals surface area contributed by atoms with Crippen LogP contribution in [0.25, 0.3) is 0 Å². The Bertz CT molecular complexity index is 331. The van der Waals surface area contributed by atoms with Gasteiger partial charge in [-0.25, -0.2) is 4.98 Å². The van der Waals surface area contributed by atoms with Gasteiger partial charge in [0, 0.05) is 18.1 Å². The number of hydrogen-bond acceptors (Lipinski definition) is 3. The molecule has 0 saturated carbocycles. The minimum atomic E-state index is 0.151. The van der Waals surface area contributed by atoms with E-state index < -0.39 is 0 Å². The smallest absolute Gasteiger partial charge is 0.168 e. The van der Waals surface area contributed by atoms with Gasteiger partial charge in [-0.15, -0.1) is 11.6 Å². The molecular weight excluding hydrogens is 236 g/mol. The van der Waals surface area contributed by atoms with Gasteiger partial charge in [0.2, 0.25) is 0 Å². The average molecular weight is 257 g/mol. The van der Waals surface area contributed by atoms with Gasteiger partial charge in [0.1, 0.15) is 0 Å². The van der Waals surface area contributed by atoms with Crippen molar-refractivity contribution in [3.63, 3.8) is 0 Å². The molecule has 0 aliphatic rings. The van der Waals surface area contributed by atoms with Crippen LogP contribution in [0.15, 0.2) is 18.3 Å². The van der Waals surface area contributed by atoms with E-state index in [0.29, 0.717) is 11.9 Å². The number of nitrogens with zero attached hydrogens (tertiary/aromatic N) is 1. The first kappa shape index (κ1) is 14.1. The first-order chi connectivity index (χ1) is 8.13. The molecule has 0 aliphatic carbocycles. The van der Waals surface area contributed by atoms with Crippen LogP contribution in [0.5, 0.6) is 5.75 Å². The molecule has 1 unspecified atom stereocenters. The van der Waals surface area contributed by atoms with Crippen molar-refractivity contribution in [3.05, 3.63) is 18.3 Å². The zero-order valence-corrected chi connectivity index (χ0v) is 11.5. The summed E-state index contributed by atoms with van der Waals surface area (Å²) in [7, 11) is 0. The standard InChI is InChI=1S/C13H21ClN2O/c1-10(2)17-12-7-5-9-15-13(12)16-11(3)6-4-8-14/h5,7,9-11H,4,6,8H2,1-3H3,(H,15,16). The topological polar surface area (TPSA) is 34.2 Å². The molecule has 0 spiro atoms. The minimum absolute atomic E-state index is 0.151. The Hall–Kier alpha value is -0.960. The third-order valence-corrected chi connectivity index (χ3v) is 2.55. The van der Waals surface area contributed by atoms with Crippen molar-refractivity contribution in [1.82, 2.24) is 4.98 Å². The van der Waals surface area contributed by atoms with Crippen molar-refractivity contribution < 1.29 is 4.74 Å². The predicted octanol–water partition coefficient (Wildman–Crippen LogP) is 3.69. The number of anilines is 1. The summed E-state index contributed by atoms with van der Waals surface area (Å²) in [6.45, 7) is 6.14. The van der Waals surface area contributed by atoms with Crippen molar-refractivity contribution in [2.24, 2.45) is 0 Å². The summed E-state index contributed by atoms with van der Waals surface area (Å²) in [4.78, 5) is 4.31. The highest BCUT2D eigenvalue weighted by Gasteiger charge is 2.09. The summed E-state index contributed by atoms with van der Waals surface area (Å²) >= 11 is 5.68. The third-order valence-electron chi connectivity index (χ3n) is 2.29. The lowest BCUT2D eigenvalue weighted by atomic mass is 10.2. The SMILES string of the molecule is CC(CCCCl)Nc1ncccc1OC(C)C. The van der Waals surface area contributed by atoms with E-state index in [1.807, 2.05) is 26.0 Å². The molecule has 0 amide bonds. The van der Waals surface area contributed by atoms with E-state index in [9.17, 15) is 0 Å². The average Bonchev–Trinajstić information content (AvgIpc) is 2.28. The van der Waals surface area contributed by atoms with Crippen LogP contribution in [-0.2, 0) is 0 Å². The molecule has 1 heterocycles. The van der Waals surface area contributed by atoms with Gasteiger partial charge in [-0.2, -0.15) is 0 Å². The van der Waals surface area contributed by atoms with E-state index in [1.54, 1.807) is 6.20 Å². The fraction of sp³-hybridized carbons (Fsp3) is 0.615. The molecule has 0 fully saturated rings. The van der Waals surface area contributed by atoms with E-state index >= 15 is 0 Å². The molecule has 17 heavy (non-hydrogen) atoms. The van der Waals surface area contributed by atoms with Crippen LogP contribution in [0.4, 0.5) is 5.82 Å². The van der Waals surface area contributed by atoms with E-state index in [0.717, 1.165) is 24.4 Å². The van der Waals surface area contributed by atoms with Crippen molar-refractivity contribution in [2.45, 2.75) is 45.8 Å². The number of rotatable bonds is 7. The van der Waals surface area contributed by atoms with Crippen molar-refractivity contribution in [2.75, 3.05) is 11.2 Å². The van der Waals surface area contributed by atoms with Crippen LogP contribution >= 0.6 is 11.6 Å². The van der Waals surface area contributed by atoms with Gasteiger partial charge in [0.25, 0.3) is 0 Å². The van der Waals surface area contributed by atoms with E-state index in [-0.39, 0.29) is 6.10 Å². The molecule has 1 atom stereocenters. The molecule has 1 aromatic rings. The first-order valence-corrected chi connectivity index (χ1v) is 6.61. The van der Waals surface area contributed by atoms with Gasteiger partial charge in [-0.1, -0.05) is 0 Å². The number of pyridine rings is 1. The summed E-state index contributed by atoms with van der Waals surface area (Å²) in [5.74, 6) is 2.31. The summed E-state index contributed by atoms with van der Waals surface area (Å²) < 4.78 is 5.70. The van der Waals surface area contributed by atoms with E-state index in [1.165, 1.54) is 0 Å². The second-order valence-corrected chi connectivity index (χ2v) is 4.77. The molecule has 0 aliphatic heterocycles. The summed E-state index contributed by atoms with van der Waals surface area (Å²) in [5.41, 5.74) is 0. The maximum absolute atomic E-state index is 5.70. The van der Waals surface area contributed by atoms with Gasteiger partial charge in [0.05, 0.1) is 6.10 Å². The first-order valence-electron chi connectivity index (χ1n) is 6.07. The Kier molecular flexibility index (Phi) is 6.12. The van der Waals surface area contributed by atoms with Crippen LogP contribution in [0.1, 0.15) is 33.6 Å². The molecule has 96 valence electrons. The van der Waals surface area contributed by atoms with Crippen LogP contribution in [-0.4, -0.2) is 23.0 Å². The van der Waals surface area contributed by atoms with Gasteiger partial charge in [0.15, 0.2) is 11.6 Å². The van der Waals surface area contributed by atoms with Crippen LogP contribution in [0.2, 0.25) is 0 Å². The second-order valence-electron chi connectivity index (χ2n) is 4.39. The quantitative estimate of drug-likeness (QED) is 0.756. The number of aromatic nitrogens is 1. The molecule has 4 heteroatoms. The molecular formula is C13H21ClN2O. The van der Waals surface area contributed by atoms with Crippen LogP contribution in [0.3, 0.4) is 0 Å². The largest absolute Gasteiger partial charge is 0.487 e. The van der Waals surface area contributed by atoms with Gasteiger partial charge >= 0.3 is 0 Å². The van der Waals surface area contributed by atoms with Crippen LogP contribution < -0.4 is 10.1 Å². The lowest BCUT2D eigenvalue weighted by molar-refractivity contribution is 0.242. The Morgan fingerprint density at radius 1 is 1.41 bits per heavy atom. The van der Waals surface area contributed by atoms with Gasteiger partial charge in [-0.05, 0) is 45.7 Å². The highest BCUT2D eigenvalue weighted by Crippen LogP contribution is 2.23. The lowest BCUT2D eigenvalue weighted by Crippen LogP contribution is -2.17. The Morgan fingerprint density at radius 2 is 2.18 bits per heavy atom. The molecule has 3 nitrogen and oxygen atoms in total. The Labute approximate surface area is 109 Å². The van der Waals surface area contributed by atoms with Gasteiger partial charge in [-0.3, -0.25) is 0 Å². The minimum Gasteiger partial charge on any atom is -0.487 e. The number of alkyl halides is 1. The number of hydrogen-bond donors (Lipinski definition) is 1. The fourth-order valence-corrected chi connectivity index (χ4v) is 1.69. The zero-order valence-electron chi connectivity index (χ0n) is 10.7. The molecule has 0 bridgehead atoms. The Balaban J connectivity index is 2.62. The normalized spacial score (nSPS) is 12.5. The highest BCUT2D eigenvalue weighted by atomic mass is 35.5. The summed E-state index contributed by atoms with van der Waals surface area (Å²) in [5, 5.41) is 3.36. The summed E-state index contributed by atoms with van der Waals surface area (Å²) in [6.07, 6.45) is 3.95. The molecule has 0 aromatic carbocycles. The monoisotopic (exact) mass is 256 g/mol. The van der Waals surface area contributed by atoms with E-state index in [2.05, 4.69) is 17.2 Å². The molecule has 0 saturated heterocycles. The maximum Gasteiger partial charge on any atom is 0.168 e. The maximum atomic E-state index is 5.70. The molecule has 0 radical (unpaired) electrons.